The summed E-state index contributed by atoms with van der Waals surface area (Å²) < 4.78 is 34.6. The summed E-state index contributed by atoms with van der Waals surface area (Å²) in [5, 5.41) is 2.83. The lowest BCUT2D eigenvalue weighted by Crippen LogP contribution is -2.26. The van der Waals surface area contributed by atoms with E-state index < -0.39 is 10.0 Å². The van der Waals surface area contributed by atoms with Gasteiger partial charge < -0.3 is 10.1 Å². The second kappa shape index (κ2) is 9.32. The summed E-state index contributed by atoms with van der Waals surface area (Å²) in [5.74, 6) is 0.224. The summed E-state index contributed by atoms with van der Waals surface area (Å²) in [6.45, 7) is 2.49. The Kier molecular flexibility index (Phi) is 6.45. The molecule has 1 heterocycles. The summed E-state index contributed by atoms with van der Waals surface area (Å²) in [6, 6.07) is 17.8. The average molecular weight is 498 g/mol. The Balaban J connectivity index is 1.51. The molecule has 4 aromatic rings. The number of nitrogens with one attached hydrogen (secondary N) is 1. The minimum atomic E-state index is -3.77. The van der Waals surface area contributed by atoms with Crippen LogP contribution in [-0.2, 0) is 16.6 Å². The Bertz CT molecular complexity index is 1510. The fourth-order valence-electron chi connectivity index (χ4n) is 3.51. The Morgan fingerprint density at radius 1 is 1.06 bits per heavy atom. The highest BCUT2D eigenvalue weighted by molar-refractivity contribution is 7.92. The van der Waals surface area contributed by atoms with E-state index in [1.165, 1.54) is 26.3 Å². The Morgan fingerprint density at radius 2 is 1.74 bits per heavy atom. The van der Waals surface area contributed by atoms with Crippen molar-refractivity contribution in [3.8, 4) is 5.75 Å². The fourth-order valence-corrected chi connectivity index (χ4v) is 5.70. The minimum Gasteiger partial charge on any atom is -0.497 e. The zero-order chi connectivity index (χ0) is 24.5. The molecule has 176 valence electrons. The standard InChI is InChI=1S/C24H23N3O5S2/c1-4-27-21-14-7-17(15-22(21)33-24(27)29)25-23(28)16-5-8-18(9-6-16)26(2)34(30,31)20-12-10-19(32-3)11-13-20/h5-15H,4H2,1-3H3,(H,25,28). The van der Waals surface area contributed by atoms with Gasteiger partial charge in [0, 0.05) is 24.8 Å². The minimum absolute atomic E-state index is 0.0368. The lowest BCUT2D eigenvalue weighted by Gasteiger charge is -2.20. The van der Waals surface area contributed by atoms with E-state index in [1.807, 2.05) is 13.0 Å². The van der Waals surface area contributed by atoms with Crippen LogP contribution in [0.1, 0.15) is 17.3 Å². The van der Waals surface area contributed by atoms with Crippen LogP contribution in [0.3, 0.4) is 0 Å². The number of nitrogens with zero attached hydrogens (tertiary/aromatic N) is 2. The van der Waals surface area contributed by atoms with Crippen molar-refractivity contribution in [1.82, 2.24) is 4.57 Å². The van der Waals surface area contributed by atoms with Gasteiger partial charge in [-0.25, -0.2) is 8.42 Å². The summed E-state index contributed by atoms with van der Waals surface area (Å²) in [4.78, 5) is 24.9. The van der Waals surface area contributed by atoms with E-state index in [2.05, 4.69) is 5.32 Å². The first-order valence-corrected chi connectivity index (χ1v) is 12.7. The number of thiazole rings is 1. The fraction of sp³-hybridized carbons (Fsp3) is 0.167. The molecule has 0 aliphatic heterocycles. The van der Waals surface area contributed by atoms with Crippen molar-refractivity contribution < 1.29 is 17.9 Å². The van der Waals surface area contributed by atoms with Crippen molar-refractivity contribution in [2.45, 2.75) is 18.4 Å². The van der Waals surface area contributed by atoms with Crippen molar-refractivity contribution in [2.75, 3.05) is 23.8 Å². The van der Waals surface area contributed by atoms with Crippen LogP contribution in [0.5, 0.6) is 5.75 Å². The third-order valence-electron chi connectivity index (χ3n) is 5.45. The molecule has 1 amide bonds. The van der Waals surface area contributed by atoms with Crippen LogP contribution >= 0.6 is 11.3 Å². The maximum Gasteiger partial charge on any atom is 0.308 e. The molecule has 0 saturated heterocycles. The number of sulfonamides is 1. The smallest absolute Gasteiger partial charge is 0.308 e. The van der Waals surface area contributed by atoms with Gasteiger partial charge in [0.2, 0.25) is 0 Å². The van der Waals surface area contributed by atoms with Gasteiger partial charge in [-0.2, -0.15) is 0 Å². The highest BCUT2D eigenvalue weighted by atomic mass is 32.2. The van der Waals surface area contributed by atoms with Gasteiger partial charge in [-0.05, 0) is 73.7 Å². The van der Waals surface area contributed by atoms with E-state index >= 15 is 0 Å². The topological polar surface area (TPSA) is 97.7 Å². The van der Waals surface area contributed by atoms with Gasteiger partial charge >= 0.3 is 4.87 Å². The predicted molar refractivity (Wildman–Crippen MR) is 135 cm³/mol. The van der Waals surface area contributed by atoms with Gasteiger partial charge in [0.15, 0.2) is 0 Å². The molecule has 3 aromatic carbocycles. The van der Waals surface area contributed by atoms with Crippen LogP contribution in [0.4, 0.5) is 11.4 Å². The number of aryl methyl sites for hydroxylation is 1. The molecule has 8 nitrogen and oxygen atoms in total. The molecule has 4 rings (SSSR count). The summed E-state index contributed by atoms with van der Waals surface area (Å²) in [5.41, 5.74) is 2.20. The maximum absolute atomic E-state index is 12.9. The number of benzene rings is 3. The van der Waals surface area contributed by atoms with Crippen LogP contribution in [0.15, 0.2) is 76.4 Å². The summed E-state index contributed by atoms with van der Waals surface area (Å²) in [6.07, 6.45) is 0. The van der Waals surface area contributed by atoms with E-state index in [0.717, 1.165) is 25.9 Å². The van der Waals surface area contributed by atoms with E-state index in [4.69, 9.17) is 4.74 Å². The molecule has 1 aromatic heterocycles. The van der Waals surface area contributed by atoms with Crippen LogP contribution in [0, 0.1) is 0 Å². The van der Waals surface area contributed by atoms with E-state index in [1.54, 1.807) is 53.1 Å². The molecular weight excluding hydrogens is 474 g/mol. The maximum atomic E-state index is 12.9. The molecule has 0 fully saturated rings. The molecule has 1 N–H and O–H groups in total. The number of rotatable bonds is 7. The molecule has 0 radical (unpaired) electrons. The van der Waals surface area contributed by atoms with E-state index in [-0.39, 0.29) is 15.7 Å². The Hall–Kier alpha value is -3.63. The van der Waals surface area contributed by atoms with Gasteiger partial charge in [-0.3, -0.25) is 18.5 Å². The van der Waals surface area contributed by atoms with Crippen molar-refractivity contribution in [2.24, 2.45) is 0 Å². The predicted octanol–water partition coefficient (Wildman–Crippen LogP) is 4.17. The highest BCUT2D eigenvalue weighted by Gasteiger charge is 2.21. The zero-order valence-electron chi connectivity index (χ0n) is 18.8. The molecule has 0 aliphatic rings. The van der Waals surface area contributed by atoms with Crippen molar-refractivity contribution in [3.05, 3.63) is 82.0 Å². The first kappa shape index (κ1) is 23.5. The second-order valence-electron chi connectivity index (χ2n) is 7.44. The number of fused-ring (bicyclic) bond motifs is 1. The van der Waals surface area contributed by atoms with Crippen molar-refractivity contribution in [1.29, 1.82) is 0 Å². The van der Waals surface area contributed by atoms with Crippen LogP contribution in [0.2, 0.25) is 0 Å². The number of hydrogen-bond acceptors (Lipinski definition) is 6. The molecule has 0 aliphatic carbocycles. The lowest BCUT2D eigenvalue weighted by molar-refractivity contribution is 0.102. The van der Waals surface area contributed by atoms with Crippen molar-refractivity contribution in [3.63, 3.8) is 0 Å². The number of anilines is 2. The van der Waals surface area contributed by atoms with Gasteiger partial charge in [0.1, 0.15) is 5.75 Å². The van der Waals surface area contributed by atoms with E-state index in [9.17, 15) is 18.0 Å². The quantitative estimate of drug-likeness (QED) is 0.413. The lowest BCUT2D eigenvalue weighted by atomic mass is 10.2. The van der Waals surface area contributed by atoms with Crippen LogP contribution in [-0.4, -0.2) is 33.0 Å². The summed E-state index contributed by atoms with van der Waals surface area (Å²) in [7, 11) is -0.805. The highest BCUT2D eigenvalue weighted by Crippen LogP contribution is 2.25. The first-order chi connectivity index (χ1) is 16.2. The third-order valence-corrected chi connectivity index (χ3v) is 8.19. The first-order valence-electron chi connectivity index (χ1n) is 10.4. The molecule has 34 heavy (non-hydrogen) atoms. The average Bonchev–Trinajstić information content (AvgIpc) is 3.17. The monoisotopic (exact) mass is 497 g/mol. The molecule has 10 heteroatoms. The molecule has 0 unspecified atom stereocenters. The van der Waals surface area contributed by atoms with Crippen LogP contribution in [0.25, 0.3) is 10.2 Å². The van der Waals surface area contributed by atoms with Crippen LogP contribution < -0.4 is 19.2 Å². The molecule has 0 bridgehead atoms. The number of aromatic nitrogens is 1. The number of ether oxygens (including phenoxy) is 1. The zero-order valence-corrected chi connectivity index (χ0v) is 20.4. The number of methoxy groups -OCH3 is 1. The number of carbonyl (C=O) groups is 1. The van der Waals surface area contributed by atoms with Crippen molar-refractivity contribution >= 4 is 48.9 Å². The summed E-state index contributed by atoms with van der Waals surface area (Å²) >= 11 is 1.13. The Morgan fingerprint density at radius 3 is 2.35 bits per heavy atom. The van der Waals surface area contributed by atoms with Gasteiger partial charge in [0.25, 0.3) is 15.9 Å². The van der Waals surface area contributed by atoms with Gasteiger partial charge in [-0.15, -0.1) is 0 Å². The molecule has 0 spiro atoms. The Labute approximate surface area is 201 Å². The molecule has 0 saturated carbocycles. The molecule has 0 atom stereocenters. The largest absolute Gasteiger partial charge is 0.497 e. The number of hydrogen-bond donors (Lipinski definition) is 1. The normalized spacial score (nSPS) is 11.4. The number of carbonyl (C=O) groups excluding carboxylic acids is 1. The van der Waals surface area contributed by atoms with Gasteiger partial charge in [0.05, 0.1) is 27.9 Å². The number of amides is 1. The third kappa shape index (κ3) is 4.42. The van der Waals surface area contributed by atoms with E-state index in [0.29, 0.717) is 29.2 Å². The van der Waals surface area contributed by atoms with Gasteiger partial charge in [-0.1, -0.05) is 11.3 Å². The SMILES string of the molecule is CCn1c(=O)sc2cc(NC(=O)c3ccc(N(C)S(=O)(=O)c4ccc(OC)cc4)cc3)ccc21. The molecular formula is C24H23N3O5S2. The second-order valence-corrected chi connectivity index (χ2v) is 10.4.